The van der Waals surface area contributed by atoms with Gasteiger partial charge in [0.25, 0.3) is 0 Å². The molecule has 2 aromatic heterocycles. The normalized spacial score (nSPS) is 10.2. The second-order valence-electron chi connectivity index (χ2n) is 3.28. The average Bonchev–Trinajstić information content (AvgIpc) is 2.79. The van der Waals surface area contributed by atoms with Crippen LogP contribution < -0.4 is 5.32 Å². The number of aromatic amines is 1. The molecule has 0 aliphatic carbocycles. The molecule has 0 aromatic carbocycles. The molecule has 2 heterocycles. The first-order chi connectivity index (χ1) is 7.25. The maximum absolute atomic E-state index is 11.6. The molecule has 0 saturated carbocycles. The van der Waals surface area contributed by atoms with E-state index in [2.05, 4.69) is 15.5 Å². The molecular weight excluding hydrogens is 210 g/mol. The molecule has 2 rings (SSSR count). The lowest BCUT2D eigenvalue weighted by Gasteiger charge is -2.01. The minimum atomic E-state index is -0.0271. The second-order valence-corrected chi connectivity index (χ2v) is 4.06. The summed E-state index contributed by atoms with van der Waals surface area (Å²) in [4.78, 5) is 11.6. The maximum atomic E-state index is 11.6. The van der Waals surface area contributed by atoms with Crippen molar-refractivity contribution in [2.45, 2.75) is 13.3 Å². The van der Waals surface area contributed by atoms with E-state index < -0.39 is 0 Å². The van der Waals surface area contributed by atoms with E-state index in [1.165, 1.54) is 0 Å². The highest BCUT2D eigenvalue weighted by Crippen LogP contribution is 2.11. The number of aryl methyl sites for hydroxylation is 1. The van der Waals surface area contributed by atoms with Gasteiger partial charge in [-0.05, 0) is 29.3 Å². The smallest absolute Gasteiger partial charge is 0.229 e. The Labute approximate surface area is 91.3 Å². The van der Waals surface area contributed by atoms with Gasteiger partial charge < -0.3 is 5.32 Å². The molecule has 2 aromatic rings. The molecule has 0 aliphatic heterocycles. The summed E-state index contributed by atoms with van der Waals surface area (Å²) in [6.07, 6.45) is 2.09. The molecule has 78 valence electrons. The molecule has 0 aliphatic rings. The largest absolute Gasteiger partial charge is 0.311 e. The summed E-state index contributed by atoms with van der Waals surface area (Å²) in [7, 11) is 0. The quantitative estimate of drug-likeness (QED) is 0.832. The zero-order valence-electron chi connectivity index (χ0n) is 8.28. The second kappa shape index (κ2) is 4.27. The molecule has 0 fully saturated rings. The van der Waals surface area contributed by atoms with Crippen molar-refractivity contribution in [3.63, 3.8) is 0 Å². The summed E-state index contributed by atoms with van der Waals surface area (Å²) in [5.74, 6) is 0.649. The molecule has 1 amide bonds. The van der Waals surface area contributed by atoms with E-state index in [0.717, 1.165) is 11.1 Å². The summed E-state index contributed by atoms with van der Waals surface area (Å²) in [5.41, 5.74) is 1.98. The standard InChI is InChI=1S/C10H11N3OS/c1-7-5-11-13-10(7)12-9(14)4-8-2-3-15-6-8/h2-3,5-6H,4H2,1H3,(H2,11,12,13,14). The zero-order chi connectivity index (χ0) is 10.7. The van der Waals surface area contributed by atoms with Gasteiger partial charge in [-0.25, -0.2) is 0 Å². The van der Waals surface area contributed by atoms with Gasteiger partial charge in [-0.1, -0.05) is 0 Å². The van der Waals surface area contributed by atoms with Crippen molar-refractivity contribution in [2.24, 2.45) is 0 Å². The summed E-state index contributed by atoms with van der Waals surface area (Å²) < 4.78 is 0. The lowest BCUT2D eigenvalue weighted by atomic mass is 10.2. The fourth-order valence-electron chi connectivity index (χ4n) is 1.24. The Morgan fingerprint density at radius 2 is 2.53 bits per heavy atom. The molecule has 2 N–H and O–H groups in total. The Morgan fingerprint density at radius 3 is 3.13 bits per heavy atom. The molecule has 15 heavy (non-hydrogen) atoms. The number of anilines is 1. The van der Waals surface area contributed by atoms with Gasteiger partial charge in [0.1, 0.15) is 5.82 Å². The number of nitrogens with zero attached hydrogens (tertiary/aromatic N) is 1. The van der Waals surface area contributed by atoms with Crippen LogP contribution in [-0.4, -0.2) is 16.1 Å². The number of amides is 1. The Morgan fingerprint density at radius 1 is 1.67 bits per heavy atom. The molecule has 0 unspecified atom stereocenters. The zero-order valence-corrected chi connectivity index (χ0v) is 9.10. The van der Waals surface area contributed by atoms with Crippen molar-refractivity contribution in [1.29, 1.82) is 0 Å². The van der Waals surface area contributed by atoms with E-state index in [1.807, 2.05) is 23.8 Å². The SMILES string of the molecule is Cc1cn[nH]c1NC(=O)Cc1ccsc1. The van der Waals surface area contributed by atoms with Crippen LogP contribution in [0.5, 0.6) is 0 Å². The van der Waals surface area contributed by atoms with Crippen LogP contribution in [0, 0.1) is 6.92 Å². The van der Waals surface area contributed by atoms with Crippen LogP contribution in [0.4, 0.5) is 5.82 Å². The van der Waals surface area contributed by atoms with Crippen LogP contribution in [0.25, 0.3) is 0 Å². The predicted octanol–water partition coefficient (Wildman–Crippen LogP) is 1.96. The summed E-state index contributed by atoms with van der Waals surface area (Å²) in [6.45, 7) is 1.89. The van der Waals surface area contributed by atoms with Crippen molar-refractivity contribution in [1.82, 2.24) is 10.2 Å². The molecule has 0 saturated heterocycles. The van der Waals surface area contributed by atoms with Gasteiger partial charge in [0.15, 0.2) is 0 Å². The lowest BCUT2D eigenvalue weighted by Crippen LogP contribution is -2.14. The van der Waals surface area contributed by atoms with Gasteiger partial charge in [0, 0.05) is 5.56 Å². The number of hydrogen-bond donors (Lipinski definition) is 2. The Kier molecular flexibility index (Phi) is 2.82. The third kappa shape index (κ3) is 2.44. The Bertz CT molecular complexity index is 447. The number of nitrogens with one attached hydrogen (secondary N) is 2. The summed E-state index contributed by atoms with van der Waals surface area (Å²) in [5, 5.41) is 13.3. The van der Waals surface area contributed by atoms with Crippen LogP contribution in [0.2, 0.25) is 0 Å². The highest BCUT2D eigenvalue weighted by Gasteiger charge is 2.06. The number of hydrogen-bond acceptors (Lipinski definition) is 3. The number of aromatic nitrogens is 2. The number of H-pyrrole nitrogens is 1. The molecule has 0 spiro atoms. The van der Waals surface area contributed by atoms with Crippen molar-refractivity contribution < 1.29 is 4.79 Å². The van der Waals surface area contributed by atoms with Gasteiger partial charge in [-0.3, -0.25) is 9.89 Å². The monoisotopic (exact) mass is 221 g/mol. The first-order valence-corrected chi connectivity index (χ1v) is 5.51. The number of thiophene rings is 1. The summed E-state index contributed by atoms with van der Waals surface area (Å²) in [6, 6.07) is 1.95. The number of carbonyl (C=O) groups excluding carboxylic acids is 1. The van der Waals surface area contributed by atoms with Crippen LogP contribution in [0.1, 0.15) is 11.1 Å². The van der Waals surface area contributed by atoms with E-state index in [-0.39, 0.29) is 5.91 Å². The van der Waals surface area contributed by atoms with Crippen LogP contribution in [0.3, 0.4) is 0 Å². The molecule has 5 heteroatoms. The highest BCUT2D eigenvalue weighted by atomic mass is 32.1. The van der Waals surface area contributed by atoms with Crippen molar-refractivity contribution >= 4 is 23.1 Å². The summed E-state index contributed by atoms with van der Waals surface area (Å²) >= 11 is 1.59. The van der Waals surface area contributed by atoms with E-state index in [4.69, 9.17) is 0 Å². The van der Waals surface area contributed by atoms with Gasteiger partial charge in [-0.15, -0.1) is 0 Å². The van der Waals surface area contributed by atoms with Crippen LogP contribution >= 0.6 is 11.3 Å². The molecule has 0 bridgehead atoms. The van der Waals surface area contributed by atoms with E-state index in [0.29, 0.717) is 12.2 Å². The molecule has 4 nitrogen and oxygen atoms in total. The van der Waals surface area contributed by atoms with Gasteiger partial charge in [0.05, 0.1) is 12.6 Å². The average molecular weight is 221 g/mol. The third-order valence-electron chi connectivity index (χ3n) is 2.04. The van der Waals surface area contributed by atoms with Crippen molar-refractivity contribution in [2.75, 3.05) is 5.32 Å². The third-order valence-corrected chi connectivity index (χ3v) is 2.77. The lowest BCUT2D eigenvalue weighted by molar-refractivity contribution is -0.115. The maximum Gasteiger partial charge on any atom is 0.229 e. The van der Waals surface area contributed by atoms with Gasteiger partial charge in [0.2, 0.25) is 5.91 Å². The molecule has 0 atom stereocenters. The number of carbonyl (C=O) groups is 1. The Balaban J connectivity index is 1.96. The van der Waals surface area contributed by atoms with E-state index in [9.17, 15) is 4.79 Å². The predicted molar refractivity (Wildman–Crippen MR) is 60.0 cm³/mol. The topological polar surface area (TPSA) is 57.8 Å². The van der Waals surface area contributed by atoms with Gasteiger partial charge in [-0.2, -0.15) is 16.4 Å². The van der Waals surface area contributed by atoms with Crippen LogP contribution in [-0.2, 0) is 11.2 Å². The number of rotatable bonds is 3. The minimum absolute atomic E-state index is 0.0271. The fraction of sp³-hybridized carbons (Fsp3) is 0.200. The van der Waals surface area contributed by atoms with E-state index >= 15 is 0 Å². The molecular formula is C10H11N3OS. The van der Waals surface area contributed by atoms with Crippen LogP contribution in [0.15, 0.2) is 23.0 Å². The highest BCUT2D eigenvalue weighted by molar-refractivity contribution is 7.08. The van der Waals surface area contributed by atoms with Crippen molar-refractivity contribution in [3.8, 4) is 0 Å². The van der Waals surface area contributed by atoms with Gasteiger partial charge >= 0.3 is 0 Å². The first-order valence-electron chi connectivity index (χ1n) is 4.56. The molecule has 0 radical (unpaired) electrons. The first kappa shape index (κ1) is 9.92. The fourth-order valence-corrected chi connectivity index (χ4v) is 1.90. The van der Waals surface area contributed by atoms with Crippen molar-refractivity contribution in [3.05, 3.63) is 34.2 Å². The van der Waals surface area contributed by atoms with E-state index in [1.54, 1.807) is 17.5 Å². The Hall–Kier alpha value is -1.62. The minimum Gasteiger partial charge on any atom is -0.311 e.